The summed E-state index contributed by atoms with van der Waals surface area (Å²) in [6.45, 7) is 0. The number of thiophene rings is 2. The summed E-state index contributed by atoms with van der Waals surface area (Å²) in [6.07, 6.45) is 0. The molecule has 0 fully saturated rings. The van der Waals surface area contributed by atoms with Crippen molar-refractivity contribution in [2.24, 2.45) is 0 Å². The summed E-state index contributed by atoms with van der Waals surface area (Å²) < 4.78 is 10.6. The predicted molar refractivity (Wildman–Crippen MR) is 248 cm³/mol. The highest BCUT2D eigenvalue weighted by atomic mass is 32.1. The number of furan rings is 1. The molecular formula is C54H30OS2. The van der Waals surface area contributed by atoms with Crippen LogP contribution in [0.15, 0.2) is 186 Å². The fraction of sp³-hybridized carbons (Fsp3) is 0. The molecule has 1 nitrogen and oxygen atoms in total. The van der Waals surface area contributed by atoms with Crippen molar-refractivity contribution >= 4 is 118 Å². The van der Waals surface area contributed by atoms with Crippen LogP contribution in [0.25, 0.3) is 129 Å². The number of hydrogen-bond acceptors (Lipinski definition) is 3. The average molecular weight is 759 g/mol. The lowest BCUT2D eigenvalue weighted by Crippen LogP contribution is -1.92. The smallest absolute Gasteiger partial charge is 0.136 e. The van der Waals surface area contributed by atoms with Gasteiger partial charge in [0.05, 0.1) is 0 Å². The van der Waals surface area contributed by atoms with Crippen LogP contribution in [-0.2, 0) is 0 Å². The maximum absolute atomic E-state index is 6.62. The van der Waals surface area contributed by atoms with Crippen LogP contribution < -0.4 is 0 Å². The van der Waals surface area contributed by atoms with Gasteiger partial charge in [-0.3, -0.25) is 0 Å². The van der Waals surface area contributed by atoms with Gasteiger partial charge in [-0.05, 0) is 101 Å². The third-order valence-corrected chi connectivity index (χ3v) is 14.2. The average Bonchev–Trinajstić information content (AvgIpc) is 3.97. The van der Waals surface area contributed by atoms with Crippen molar-refractivity contribution in [3.8, 4) is 33.4 Å². The summed E-state index contributed by atoms with van der Waals surface area (Å²) >= 11 is 3.79. The van der Waals surface area contributed by atoms with Gasteiger partial charge < -0.3 is 4.42 Å². The van der Waals surface area contributed by atoms with E-state index in [-0.39, 0.29) is 0 Å². The maximum atomic E-state index is 6.62. The molecule has 10 aromatic carbocycles. The Kier molecular flexibility index (Phi) is 6.54. The molecule has 0 atom stereocenters. The molecule has 0 aliphatic carbocycles. The number of benzene rings is 10. The van der Waals surface area contributed by atoms with Crippen LogP contribution in [0.1, 0.15) is 0 Å². The molecule has 0 unspecified atom stereocenters. The van der Waals surface area contributed by atoms with Gasteiger partial charge >= 0.3 is 0 Å². The first-order valence-corrected chi connectivity index (χ1v) is 21.1. The van der Waals surface area contributed by atoms with Gasteiger partial charge in [0.2, 0.25) is 0 Å². The molecule has 3 aromatic heterocycles. The van der Waals surface area contributed by atoms with Gasteiger partial charge in [0.25, 0.3) is 0 Å². The molecule has 3 heteroatoms. The van der Waals surface area contributed by atoms with Gasteiger partial charge in [-0.1, -0.05) is 146 Å². The lowest BCUT2D eigenvalue weighted by Gasteiger charge is -2.19. The predicted octanol–water partition coefficient (Wildman–Crippen LogP) is 16.8. The topological polar surface area (TPSA) is 13.1 Å². The van der Waals surface area contributed by atoms with E-state index < -0.39 is 0 Å². The number of fused-ring (bicyclic) bond motifs is 12. The third kappa shape index (κ3) is 4.44. The summed E-state index contributed by atoms with van der Waals surface area (Å²) in [6, 6.07) is 64.7. The van der Waals surface area contributed by atoms with Crippen molar-refractivity contribution in [1.29, 1.82) is 0 Å². The Morgan fingerprint density at radius 3 is 1.67 bits per heavy atom. The van der Waals surface area contributed by atoms with E-state index >= 15 is 0 Å². The van der Waals surface area contributed by atoms with Crippen LogP contribution in [0.4, 0.5) is 0 Å². The van der Waals surface area contributed by atoms with E-state index in [9.17, 15) is 0 Å². The first-order valence-electron chi connectivity index (χ1n) is 19.4. The van der Waals surface area contributed by atoms with E-state index in [0.29, 0.717) is 0 Å². The first-order chi connectivity index (χ1) is 28.3. The van der Waals surface area contributed by atoms with E-state index in [1.54, 1.807) is 0 Å². The standard InChI is InChI=1S/C54H30OS2/c1-2-15-33-28-46-42(27-32(33)14-1)51-41(24-12-25-45(51)55-46)49-36-18-5-7-20-38(36)50(39-21-8-6-19-37(39)49)43-29-48-52(40-22-9-10-26-47(40)57-48)53-44(30-56-54(43)53)35-23-11-16-31-13-3-4-17-34(31)35/h1-30H. The zero-order valence-corrected chi connectivity index (χ0v) is 32.2. The van der Waals surface area contributed by atoms with Crippen LogP contribution in [0.3, 0.4) is 0 Å². The molecule has 13 aromatic rings. The molecule has 3 heterocycles. The minimum Gasteiger partial charge on any atom is -0.456 e. The molecule has 0 N–H and O–H groups in total. The second-order valence-electron chi connectivity index (χ2n) is 15.1. The Morgan fingerprint density at radius 2 is 0.912 bits per heavy atom. The molecule has 0 radical (unpaired) electrons. The van der Waals surface area contributed by atoms with E-state index in [1.807, 2.05) is 22.7 Å². The van der Waals surface area contributed by atoms with Gasteiger partial charge in [0, 0.05) is 52.2 Å². The van der Waals surface area contributed by atoms with Crippen LogP contribution in [-0.4, -0.2) is 0 Å². The molecule has 0 saturated carbocycles. The van der Waals surface area contributed by atoms with Crippen molar-refractivity contribution in [2.45, 2.75) is 0 Å². The molecule has 13 rings (SSSR count). The van der Waals surface area contributed by atoms with Gasteiger partial charge in [-0.25, -0.2) is 0 Å². The quantitative estimate of drug-likeness (QED) is 0.164. The summed E-state index contributed by atoms with van der Waals surface area (Å²) in [7, 11) is 0. The fourth-order valence-electron chi connectivity index (χ4n) is 9.70. The Balaban J connectivity index is 1.17. The molecule has 57 heavy (non-hydrogen) atoms. The second kappa shape index (κ2) is 11.9. The van der Waals surface area contributed by atoms with E-state index in [1.165, 1.54) is 107 Å². The van der Waals surface area contributed by atoms with Crippen LogP contribution in [0, 0.1) is 0 Å². The summed E-state index contributed by atoms with van der Waals surface area (Å²) in [5.41, 5.74) is 9.43. The van der Waals surface area contributed by atoms with E-state index in [4.69, 9.17) is 4.42 Å². The van der Waals surface area contributed by atoms with Crippen LogP contribution in [0.2, 0.25) is 0 Å². The summed E-state index contributed by atoms with van der Waals surface area (Å²) in [5.74, 6) is 0. The van der Waals surface area contributed by atoms with Gasteiger partial charge in [-0.15, -0.1) is 22.7 Å². The minimum atomic E-state index is 0.909. The largest absolute Gasteiger partial charge is 0.456 e. The number of hydrogen-bond donors (Lipinski definition) is 0. The third-order valence-electron chi connectivity index (χ3n) is 12.1. The van der Waals surface area contributed by atoms with Crippen molar-refractivity contribution in [2.75, 3.05) is 0 Å². The Bertz CT molecular complexity index is 3760. The molecule has 0 amide bonds. The Morgan fingerprint density at radius 1 is 0.333 bits per heavy atom. The first kappa shape index (κ1) is 31.4. The minimum absolute atomic E-state index is 0.909. The van der Waals surface area contributed by atoms with Crippen LogP contribution >= 0.6 is 22.7 Å². The zero-order valence-electron chi connectivity index (χ0n) is 30.5. The van der Waals surface area contributed by atoms with Gasteiger partial charge in [0.1, 0.15) is 11.2 Å². The SMILES string of the molecule is c1ccc2cc3c(cc2c1)oc1cccc(-c2c4ccccc4c(-c4cc5sc6ccccc6c5c5c(-c6cccc7ccccc67)csc45)c4ccccc24)c13. The van der Waals surface area contributed by atoms with Crippen molar-refractivity contribution in [3.63, 3.8) is 0 Å². The molecule has 0 bridgehead atoms. The normalized spacial score (nSPS) is 12.2. The second-order valence-corrected chi connectivity index (χ2v) is 17.1. The lowest BCUT2D eigenvalue weighted by molar-refractivity contribution is 0.669. The van der Waals surface area contributed by atoms with Gasteiger partial charge in [0.15, 0.2) is 0 Å². The highest BCUT2D eigenvalue weighted by Crippen LogP contribution is 2.53. The molecule has 264 valence electrons. The van der Waals surface area contributed by atoms with Gasteiger partial charge in [-0.2, -0.15) is 0 Å². The van der Waals surface area contributed by atoms with Crippen molar-refractivity contribution < 1.29 is 4.42 Å². The summed E-state index contributed by atoms with van der Waals surface area (Å²) in [5, 5.41) is 18.7. The van der Waals surface area contributed by atoms with Crippen molar-refractivity contribution in [3.05, 3.63) is 181 Å². The molecule has 0 aliphatic heterocycles. The fourth-order valence-corrected chi connectivity index (χ4v) is 12.0. The van der Waals surface area contributed by atoms with E-state index in [2.05, 4.69) is 181 Å². The van der Waals surface area contributed by atoms with Crippen molar-refractivity contribution in [1.82, 2.24) is 0 Å². The maximum Gasteiger partial charge on any atom is 0.136 e. The lowest BCUT2D eigenvalue weighted by atomic mass is 9.84. The highest BCUT2D eigenvalue weighted by molar-refractivity contribution is 7.26. The van der Waals surface area contributed by atoms with E-state index in [0.717, 1.165) is 21.9 Å². The van der Waals surface area contributed by atoms with Crippen LogP contribution in [0.5, 0.6) is 0 Å². The monoisotopic (exact) mass is 758 g/mol. The molecular weight excluding hydrogens is 729 g/mol. The highest BCUT2D eigenvalue weighted by Gasteiger charge is 2.25. The zero-order chi connectivity index (χ0) is 37.2. The Hall–Kier alpha value is -6.78. The molecule has 0 aliphatic rings. The molecule has 0 spiro atoms. The Labute approximate surface area is 335 Å². The summed E-state index contributed by atoms with van der Waals surface area (Å²) in [4.78, 5) is 0. The molecule has 0 saturated heterocycles. The number of rotatable bonds is 3.